The number of amides is 1. The van der Waals surface area contributed by atoms with Gasteiger partial charge in [-0.1, -0.05) is 11.6 Å². The third-order valence-corrected chi connectivity index (χ3v) is 6.56. The van der Waals surface area contributed by atoms with E-state index in [1.807, 2.05) is 0 Å². The molecule has 146 valence electrons. The van der Waals surface area contributed by atoms with Crippen molar-refractivity contribution in [3.8, 4) is 5.75 Å². The molecule has 5 nitrogen and oxygen atoms in total. The Morgan fingerprint density at radius 1 is 1.04 bits per heavy atom. The van der Waals surface area contributed by atoms with Gasteiger partial charge in [0.2, 0.25) is 0 Å². The van der Waals surface area contributed by atoms with Crippen LogP contribution in [0.4, 0.5) is 0 Å². The Bertz CT molecular complexity index is 667. The molecule has 0 atom stereocenters. The number of hydrogen-bond acceptors (Lipinski definition) is 4. The van der Waals surface area contributed by atoms with E-state index >= 15 is 0 Å². The van der Waals surface area contributed by atoms with E-state index in [1.54, 1.807) is 24.3 Å². The van der Waals surface area contributed by atoms with Gasteiger partial charge in [-0.25, -0.2) is 0 Å². The first-order chi connectivity index (χ1) is 13.0. The number of carbonyl (C=O) groups is 2. The molecule has 5 rings (SSSR count). The molecule has 0 aromatic heterocycles. The largest absolute Gasteiger partial charge is 0.492 e. The van der Waals surface area contributed by atoms with Crippen LogP contribution in [0.2, 0.25) is 5.02 Å². The van der Waals surface area contributed by atoms with Crippen LogP contribution in [0.25, 0.3) is 0 Å². The summed E-state index contributed by atoms with van der Waals surface area (Å²) in [6, 6.07) is 7.05. The topological polar surface area (TPSA) is 64.6 Å². The molecule has 0 unspecified atom stereocenters. The van der Waals surface area contributed by atoms with Crippen molar-refractivity contribution < 1.29 is 19.1 Å². The monoisotopic (exact) mass is 391 g/mol. The molecule has 27 heavy (non-hydrogen) atoms. The van der Waals surface area contributed by atoms with Gasteiger partial charge in [-0.05, 0) is 80.5 Å². The minimum absolute atomic E-state index is 0.158. The number of benzene rings is 1. The second kappa shape index (κ2) is 7.70. The molecule has 4 saturated carbocycles. The maximum atomic E-state index is 12.7. The van der Waals surface area contributed by atoms with Crippen molar-refractivity contribution in [1.82, 2.24) is 5.32 Å². The molecule has 0 aliphatic heterocycles. The van der Waals surface area contributed by atoms with Crippen LogP contribution in [0.3, 0.4) is 0 Å². The van der Waals surface area contributed by atoms with E-state index in [1.165, 1.54) is 19.3 Å². The van der Waals surface area contributed by atoms with Crippen LogP contribution in [0.5, 0.6) is 5.75 Å². The predicted octanol–water partition coefficient (Wildman–Crippen LogP) is 3.59. The summed E-state index contributed by atoms with van der Waals surface area (Å²) in [6.07, 6.45) is 6.69. The minimum Gasteiger partial charge on any atom is -0.492 e. The van der Waals surface area contributed by atoms with Crippen LogP contribution in [0.1, 0.15) is 38.5 Å². The summed E-state index contributed by atoms with van der Waals surface area (Å²) in [5.74, 6) is 2.30. The van der Waals surface area contributed by atoms with Crippen molar-refractivity contribution in [3.05, 3.63) is 29.3 Å². The SMILES string of the molecule is O=C(COC(=O)C12CC3CC(CC(C3)C1)C2)NCCOc1ccc(Cl)cc1. The first-order valence-electron chi connectivity index (χ1n) is 9.85. The summed E-state index contributed by atoms with van der Waals surface area (Å²) >= 11 is 5.82. The van der Waals surface area contributed by atoms with Crippen molar-refractivity contribution in [1.29, 1.82) is 0 Å². The highest BCUT2D eigenvalue weighted by Gasteiger charge is 2.55. The molecular weight excluding hydrogens is 366 g/mol. The number of ether oxygens (including phenoxy) is 2. The van der Waals surface area contributed by atoms with E-state index in [-0.39, 0.29) is 23.9 Å². The molecule has 1 aromatic rings. The summed E-state index contributed by atoms with van der Waals surface area (Å²) in [5, 5.41) is 3.38. The number of carbonyl (C=O) groups excluding carboxylic acids is 2. The van der Waals surface area contributed by atoms with Gasteiger partial charge in [0.1, 0.15) is 12.4 Å². The van der Waals surface area contributed by atoms with Gasteiger partial charge < -0.3 is 14.8 Å². The molecule has 0 spiro atoms. The smallest absolute Gasteiger partial charge is 0.312 e. The molecule has 1 amide bonds. The molecule has 4 bridgehead atoms. The summed E-state index contributed by atoms with van der Waals surface area (Å²) in [5.41, 5.74) is -0.313. The third kappa shape index (κ3) is 4.23. The lowest BCUT2D eigenvalue weighted by Crippen LogP contribution is -2.51. The standard InChI is InChI=1S/C21H26ClNO4/c22-17-1-3-18(4-2-17)26-6-5-23-19(24)13-27-20(25)21-10-14-7-15(11-21)9-16(8-14)12-21/h1-4,14-16H,5-13H2,(H,23,24). The van der Waals surface area contributed by atoms with Gasteiger partial charge in [0.05, 0.1) is 12.0 Å². The molecular formula is C21H26ClNO4. The van der Waals surface area contributed by atoms with E-state index in [2.05, 4.69) is 5.32 Å². The van der Waals surface area contributed by atoms with Crippen molar-refractivity contribution in [3.63, 3.8) is 0 Å². The fourth-order valence-electron chi connectivity index (χ4n) is 5.59. The normalized spacial score (nSPS) is 30.8. The van der Waals surface area contributed by atoms with Gasteiger partial charge in [-0.15, -0.1) is 0 Å². The number of hydrogen-bond donors (Lipinski definition) is 1. The van der Waals surface area contributed by atoms with Gasteiger partial charge in [-0.2, -0.15) is 0 Å². The Labute approximate surface area is 164 Å². The molecule has 0 radical (unpaired) electrons. The summed E-state index contributed by atoms with van der Waals surface area (Å²) in [6.45, 7) is 0.494. The van der Waals surface area contributed by atoms with Crippen molar-refractivity contribution in [2.24, 2.45) is 23.2 Å². The lowest BCUT2D eigenvalue weighted by atomic mass is 9.49. The zero-order valence-electron chi connectivity index (χ0n) is 15.4. The highest BCUT2D eigenvalue weighted by molar-refractivity contribution is 6.30. The molecule has 4 aliphatic carbocycles. The molecule has 6 heteroatoms. The van der Waals surface area contributed by atoms with Crippen LogP contribution in [-0.2, 0) is 14.3 Å². The first-order valence-corrected chi connectivity index (χ1v) is 10.2. The summed E-state index contributed by atoms with van der Waals surface area (Å²) in [4.78, 5) is 24.7. The molecule has 1 N–H and O–H groups in total. The predicted molar refractivity (Wildman–Crippen MR) is 102 cm³/mol. The van der Waals surface area contributed by atoms with Crippen LogP contribution in [0.15, 0.2) is 24.3 Å². The van der Waals surface area contributed by atoms with E-state index in [0.717, 1.165) is 19.3 Å². The van der Waals surface area contributed by atoms with Gasteiger partial charge >= 0.3 is 5.97 Å². The highest BCUT2D eigenvalue weighted by Crippen LogP contribution is 2.60. The molecule has 4 fully saturated rings. The van der Waals surface area contributed by atoms with E-state index in [9.17, 15) is 9.59 Å². The molecule has 0 heterocycles. The fourth-order valence-corrected chi connectivity index (χ4v) is 5.71. The van der Waals surface area contributed by atoms with Crippen LogP contribution >= 0.6 is 11.6 Å². The Hall–Kier alpha value is -1.75. The zero-order chi connectivity index (χ0) is 18.9. The quantitative estimate of drug-likeness (QED) is 0.569. The van der Waals surface area contributed by atoms with Crippen molar-refractivity contribution in [2.45, 2.75) is 38.5 Å². The number of nitrogens with one attached hydrogen (secondary N) is 1. The van der Waals surface area contributed by atoms with Gasteiger partial charge in [0, 0.05) is 5.02 Å². The average Bonchev–Trinajstić information content (AvgIpc) is 2.63. The Kier molecular flexibility index (Phi) is 5.31. The molecule has 1 aromatic carbocycles. The Morgan fingerprint density at radius 2 is 1.63 bits per heavy atom. The highest BCUT2D eigenvalue weighted by atomic mass is 35.5. The minimum atomic E-state index is -0.313. The number of esters is 1. The summed E-state index contributed by atoms with van der Waals surface area (Å²) < 4.78 is 10.9. The second-order valence-electron chi connectivity index (χ2n) is 8.43. The maximum Gasteiger partial charge on any atom is 0.312 e. The van der Waals surface area contributed by atoms with Crippen LogP contribution in [0, 0.1) is 23.2 Å². The molecule has 4 aliphatic rings. The number of rotatable bonds is 7. The third-order valence-electron chi connectivity index (χ3n) is 6.31. The van der Waals surface area contributed by atoms with E-state index in [0.29, 0.717) is 41.7 Å². The van der Waals surface area contributed by atoms with E-state index < -0.39 is 0 Å². The van der Waals surface area contributed by atoms with Crippen molar-refractivity contribution in [2.75, 3.05) is 19.8 Å². The van der Waals surface area contributed by atoms with Gasteiger partial charge in [0.25, 0.3) is 5.91 Å². The fraction of sp³-hybridized carbons (Fsp3) is 0.619. The van der Waals surface area contributed by atoms with E-state index in [4.69, 9.17) is 21.1 Å². The maximum absolute atomic E-state index is 12.7. The Balaban J connectivity index is 1.17. The van der Waals surface area contributed by atoms with Crippen molar-refractivity contribution >= 4 is 23.5 Å². The number of halogens is 1. The molecule has 0 saturated heterocycles. The van der Waals surface area contributed by atoms with Gasteiger partial charge in [-0.3, -0.25) is 9.59 Å². The Morgan fingerprint density at radius 3 is 2.22 bits per heavy atom. The van der Waals surface area contributed by atoms with Gasteiger partial charge in [0.15, 0.2) is 6.61 Å². The van der Waals surface area contributed by atoms with Crippen LogP contribution in [-0.4, -0.2) is 31.6 Å². The van der Waals surface area contributed by atoms with Crippen LogP contribution < -0.4 is 10.1 Å². The second-order valence-corrected chi connectivity index (χ2v) is 8.86. The lowest BCUT2D eigenvalue weighted by Gasteiger charge is -2.55. The first kappa shape index (κ1) is 18.6. The summed E-state index contributed by atoms with van der Waals surface area (Å²) in [7, 11) is 0. The average molecular weight is 392 g/mol. The zero-order valence-corrected chi connectivity index (χ0v) is 16.2. The lowest BCUT2D eigenvalue weighted by molar-refractivity contribution is -0.173.